The summed E-state index contributed by atoms with van der Waals surface area (Å²) in [5.41, 5.74) is 7.17. The van der Waals surface area contributed by atoms with Gasteiger partial charge in [0.05, 0.1) is 11.5 Å². The summed E-state index contributed by atoms with van der Waals surface area (Å²) in [5.74, 6) is 0. The van der Waals surface area contributed by atoms with Crippen LogP contribution in [0.1, 0.15) is 11.1 Å². The van der Waals surface area contributed by atoms with E-state index in [1.807, 2.05) is 24.3 Å². The Hall–Kier alpha value is -2.41. The molecule has 0 bridgehead atoms. The second kappa shape index (κ2) is 7.04. The van der Waals surface area contributed by atoms with Crippen LogP contribution in [0.3, 0.4) is 0 Å². The van der Waals surface area contributed by atoms with Crippen LogP contribution in [-0.2, 0) is 13.0 Å². The van der Waals surface area contributed by atoms with E-state index in [9.17, 15) is 9.59 Å². The van der Waals surface area contributed by atoms with Gasteiger partial charge in [-0.05, 0) is 31.0 Å². The van der Waals surface area contributed by atoms with Crippen molar-refractivity contribution in [2.75, 3.05) is 12.3 Å². The number of hydrogen-bond donors (Lipinski definition) is 3. The van der Waals surface area contributed by atoms with Crippen molar-refractivity contribution < 1.29 is 0 Å². The lowest BCUT2D eigenvalue weighted by Gasteiger charge is -2.10. The number of benzene rings is 1. The zero-order valence-corrected chi connectivity index (χ0v) is 13.1. The lowest BCUT2D eigenvalue weighted by Crippen LogP contribution is -2.36. The number of nitrogens with two attached hydrogens (primary N) is 1. The molecule has 0 aliphatic carbocycles. The van der Waals surface area contributed by atoms with Gasteiger partial charge >= 0.3 is 5.69 Å². The van der Waals surface area contributed by atoms with Gasteiger partial charge in [-0.25, -0.2) is 4.79 Å². The molecule has 0 fully saturated rings. The van der Waals surface area contributed by atoms with Crippen molar-refractivity contribution in [2.24, 2.45) is 0 Å². The molecule has 0 saturated carbocycles. The van der Waals surface area contributed by atoms with Gasteiger partial charge in [0, 0.05) is 24.0 Å². The number of nitrogen functional groups attached to an aromatic ring is 1. The smallest absolute Gasteiger partial charge is 0.328 e. The van der Waals surface area contributed by atoms with Crippen molar-refractivity contribution in [1.82, 2.24) is 14.9 Å². The fourth-order valence-electron chi connectivity index (χ4n) is 1.98. The maximum Gasteiger partial charge on any atom is 0.328 e. The molecular formula is C15H18N4O2S. The van der Waals surface area contributed by atoms with Gasteiger partial charge < -0.3 is 11.1 Å². The van der Waals surface area contributed by atoms with Crippen LogP contribution in [0.2, 0.25) is 0 Å². The third kappa shape index (κ3) is 4.29. The number of aromatic amines is 1. The fourth-order valence-corrected chi connectivity index (χ4v) is 2.22. The maximum atomic E-state index is 11.7. The van der Waals surface area contributed by atoms with E-state index < -0.39 is 5.69 Å². The van der Waals surface area contributed by atoms with Gasteiger partial charge in [0.1, 0.15) is 0 Å². The van der Waals surface area contributed by atoms with Gasteiger partial charge in [-0.2, -0.15) is 0 Å². The number of nitrogens with one attached hydrogen (secondary N) is 2. The predicted octanol–water partition coefficient (Wildman–Crippen LogP) is 0.587. The number of rotatable bonds is 5. The Morgan fingerprint density at radius 1 is 1.32 bits per heavy atom. The highest BCUT2D eigenvalue weighted by Crippen LogP contribution is 2.05. The third-order valence-electron chi connectivity index (χ3n) is 3.22. The van der Waals surface area contributed by atoms with Crippen LogP contribution in [0.4, 0.5) is 5.69 Å². The lowest BCUT2D eigenvalue weighted by molar-refractivity contribution is 0.731. The molecule has 1 heterocycles. The second-order valence-corrected chi connectivity index (χ2v) is 5.53. The van der Waals surface area contributed by atoms with Crippen molar-refractivity contribution in [1.29, 1.82) is 0 Å². The van der Waals surface area contributed by atoms with Gasteiger partial charge in [0.2, 0.25) is 0 Å². The Bertz CT molecular complexity index is 777. The van der Waals surface area contributed by atoms with Crippen molar-refractivity contribution in [3.8, 4) is 0 Å². The Kier molecular flexibility index (Phi) is 5.11. The van der Waals surface area contributed by atoms with Gasteiger partial charge in [0.25, 0.3) is 5.56 Å². The van der Waals surface area contributed by atoms with Crippen LogP contribution in [0, 0.1) is 6.92 Å². The molecule has 0 spiro atoms. The van der Waals surface area contributed by atoms with Crippen molar-refractivity contribution in [3.05, 3.63) is 62.4 Å². The summed E-state index contributed by atoms with van der Waals surface area (Å²) in [4.78, 5) is 25.8. The molecule has 0 aliphatic heterocycles. The van der Waals surface area contributed by atoms with Gasteiger partial charge in [-0.15, -0.1) is 0 Å². The van der Waals surface area contributed by atoms with Crippen LogP contribution in [0.15, 0.2) is 40.1 Å². The molecule has 4 N–H and O–H groups in total. The molecule has 2 rings (SSSR count). The molecule has 1 aromatic carbocycles. The molecule has 2 aromatic rings. The van der Waals surface area contributed by atoms with Gasteiger partial charge in [0.15, 0.2) is 0 Å². The summed E-state index contributed by atoms with van der Waals surface area (Å²) in [6.45, 7) is 2.56. The summed E-state index contributed by atoms with van der Waals surface area (Å²) in [6.07, 6.45) is 2.31. The average molecular weight is 318 g/mol. The summed E-state index contributed by atoms with van der Waals surface area (Å²) >= 11 is 5.23. The minimum Gasteiger partial charge on any atom is -0.399 e. The molecule has 22 heavy (non-hydrogen) atoms. The Morgan fingerprint density at radius 3 is 2.68 bits per heavy atom. The first-order chi connectivity index (χ1) is 10.5. The van der Waals surface area contributed by atoms with E-state index in [0.29, 0.717) is 17.1 Å². The van der Waals surface area contributed by atoms with E-state index >= 15 is 0 Å². The first-order valence-electron chi connectivity index (χ1n) is 6.87. The Balaban J connectivity index is 1.88. The van der Waals surface area contributed by atoms with E-state index in [1.165, 1.54) is 10.8 Å². The zero-order valence-electron chi connectivity index (χ0n) is 12.3. The van der Waals surface area contributed by atoms with E-state index in [-0.39, 0.29) is 12.1 Å². The number of H-pyrrole nitrogens is 1. The maximum absolute atomic E-state index is 11.7. The van der Waals surface area contributed by atoms with E-state index in [4.69, 9.17) is 18.0 Å². The van der Waals surface area contributed by atoms with E-state index in [0.717, 1.165) is 17.7 Å². The molecule has 0 atom stereocenters. The fraction of sp³-hybridized carbons (Fsp3) is 0.267. The molecule has 0 saturated heterocycles. The second-order valence-electron chi connectivity index (χ2n) is 5.04. The summed E-state index contributed by atoms with van der Waals surface area (Å²) in [7, 11) is 0. The molecular weight excluding hydrogens is 300 g/mol. The molecule has 0 radical (unpaired) electrons. The minimum atomic E-state index is -0.460. The summed E-state index contributed by atoms with van der Waals surface area (Å²) in [6, 6.07) is 7.65. The van der Waals surface area contributed by atoms with Crippen molar-refractivity contribution >= 4 is 22.9 Å². The first kappa shape index (κ1) is 16.0. The van der Waals surface area contributed by atoms with Crippen molar-refractivity contribution in [3.63, 3.8) is 0 Å². The quantitative estimate of drug-likeness (QED) is 0.554. The van der Waals surface area contributed by atoms with Gasteiger partial charge in [-0.1, -0.05) is 24.4 Å². The van der Waals surface area contributed by atoms with Crippen LogP contribution < -0.4 is 22.3 Å². The SMILES string of the molecule is Cc1cn(CC(=S)NCCc2ccc(N)cc2)c(=O)[nH]c1=O. The van der Waals surface area contributed by atoms with Gasteiger partial charge in [-0.3, -0.25) is 14.3 Å². The van der Waals surface area contributed by atoms with Crippen molar-refractivity contribution in [2.45, 2.75) is 19.9 Å². The topological polar surface area (TPSA) is 92.9 Å². The van der Waals surface area contributed by atoms with E-state index in [2.05, 4.69) is 10.3 Å². The lowest BCUT2D eigenvalue weighted by atomic mass is 10.1. The standard InChI is InChI=1S/C15H18N4O2S/c1-10-8-19(15(21)18-14(10)20)9-13(22)17-7-6-11-2-4-12(16)5-3-11/h2-5,8H,6-7,9,16H2,1H3,(H,17,22)(H,18,20,21). The molecule has 0 unspecified atom stereocenters. The highest BCUT2D eigenvalue weighted by Gasteiger charge is 2.03. The highest BCUT2D eigenvalue weighted by molar-refractivity contribution is 7.80. The van der Waals surface area contributed by atoms with Crippen LogP contribution in [0.5, 0.6) is 0 Å². The number of aromatic nitrogens is 2. The Morgan fingerprint density at radius 2 is 2.00 bits per heavy atom. The zero-order chi connectivity index (χ0) is 16.1. The number of hydrogen-bond acceptors (Lipinski definition) is 4. The Labute approximate surface area is 133 Å². The summed E-state index contributed by atoms with van der Waals surface area (Å²) < 4.78 is 1.38. The molecule has 6 nitrogen and oxygen atoms in total. The molecule has 0 amide bonds. The normalized spacial score (nSPS) is 10.4. The number of nitrogens with zero attached hydrogens (tertiary/aromatic N) is 1. The third-order valence-corrected chi connectivity index (χ3v) is 3.49. The molecule has 1 aromatic heterocycles. The van der Waals surface area contributed by atoms with Crippen LogP contribution in [0.25, 0.3) is 0 Å². The highest BCUT2D eigenvalue weighted by atomic mass is 32.1. The minimum absolute atomic E-state index is 0.244. The summed E-state index contributed by atoms with van der Waals surface area (Å²) in [5, 5.41) is 3.10. The number of thiocarbonyl (C=S) groups is 1. The van der Waals surface area contributed by atoms with Crippen LogP contribution >= 0.6 is 12.2 Å². The first-order valence-corrected chi connectivity index (χ1v) is 7.28. The van der Waals surface area contributed by atoms with Crippen LogP contribution in [-0.4, -0.2) is 21.1 Å². The average Bonchev–Trinajstić information content (AvgIpc) is 2.47. The van der Waals surface area contributed by atoms with E-state index in [1.54, 1.807) is 6.92 Å². The number of aryl methyl sites for hydroxylation is 1. The predicted molar refractivity (Wildman–Crippen MR) is 91.2 cm³/mol. The monoisotopic (exact) mass is 318 g/mol. The number of anilines is 1. The molecule has 7 heteroatoms. The molecule has 0 aliphatic rings. The molecule has 116 valence electrons. The largest absolute Gasteiger partial charge is 0.399 e.